The van der Waals surface area contributed by atoms with Crippen molar-refractivity contribution < 1.29 is 23.0 Å². The SMILES string of the molecule is O=C(Cc1cc(F)cc(F)c1)N1CCC2(CC1)OCc1ccccc1O2. The minimum absolute atomic E-state index is 0.0216. The van der Waals surface area contributed by atoms with Crippen LogP contribution in [0.15, 0.2) is 42.5 Å². The normalized spacial score (nSPS) is 18.3. The van der Waals surface area contributed by atoms with Crippen molar-refractivity contribution in [1.29, 1.82) is 0 Å². The molecule has 2 aliphatic rings. The van der Waals surface area contributed by atoms with E-state index in [2.05, 4.69) is 0 Å². The Bertz CT molecular complexity index is 811. The van der Waals surface area contributed by atoms with E-state index < -0.39 is 17.4 Å². The van der Waals surface area contributed by atoms with Gasteiger partial charge in [-0.2, -0.15) is 0 Å². The van der Waals surface area contributed by atoms with E-state index in [1.54, 1.807) is 4.90 Å². The summed E-state index contributed by atoms with van der Waals surface area (Å²) in [7, 11) is 0. The molecular formula is C20H19F2NO3. The standard InChI is InChI=1S/C20H19F2NO3/c21-16-9-14(10-17(22)12-16)11-19(24)23-7-5-20(6-8-23)25-13-15-3-1-2-4-18(15)26-20/h1-4,9-10,12H,5-8,11,13H2. The number of amides is 1. The Hall–Kier alpha value is -2.47. The number of hydrogen-bond acceptors (Lipinski definition) is 3. The summed E-state index contributed by atoms with van der Waals surface area (Å²) < 4.78 is 38.6. The van der Waals surface area contributed by atoms with Crippen molar-refractivity contribution >= 4 is 5.91 Å². The van der Waals surface area contributed by atoms with Crippen molar-refractivity contribution in [3.05, 3.63) is 65.2 Å². The van der Waals surface area contributed by atoms with Crippen LogP contribution < -0.4 is 4.74 Å². The molecule has 2 aliphatic heterocycles. The van der Waals surface area contributed by atoms with Crippen molar-refractivity contribution in [2.75, 3.05) is 13.1 Å². The monoisotopic (exact) mass is 359 g/mol. The third-order valence-electron chi connectivity index (χ3n) is 4.91. The molecule has 4 rings (SSSR count). The van der Waals surface area contributed by atoms with Crippen LogP contribution >= 0.6 is 0 Å². The van der Waals surface area contributed by atoms with Crippen LogP contribution in [0.1, 0.15) is 24.0 Å². The number of benzene rings is 2. The van der Waals surface area contributed by atoms with Gasteiger partial charge in [0.2, 0.25) is 11.7 Å². The van der Waals surface area contributed by atoms with Crippen LogP contribution in [0.25, 0.3) is 0 Å². The molecule has 0 aromatic heterocycles. The number of carbonyl (C=O) groups is 1. The van der Waals surface area contributed by atoms with Gasteiger partial charge >= 0.3 is 0 Å². The molecule has 0 bridgehead atoms. The van der Waals surface area contributed by atoms with E-state index in [1.165, 1.54) is 12.1 Å². The maximum atomic E-state index is 13.3. The summed E-state index contributed by atoms with van der Waals surface area (Å²) in [5, 5.41) is 0. The lowest BCUT2D eigenvalue weighted by Gasteiger charge is -2.44. The molecular weight excluding hydrogens is 340 g/mol. The fraction of sp³-hybridized carbons (Fsp3) is 0.350. The highest BCUT2D eigenvalue weighted by Gasteiger charge is 2.41. The Labute approximate surface area is 150 Å². The number of carbonyl (C=O) groups excluding carboxylic acids is 1. The largest absolute Gasteiger partial charge is 0.462 e. The second-order valence-corrected chi connectivity index (χ2v) is 6.74. The van der Waals surface area contributed by atoms with E-state index in [4.69, 9.17) is 9.47 Å². The van der Waals surface area contributed by atoms with Gasteiger partial charge in [-0.15, -0.1) is 0 Å². The quantitative estimate of drug-likeness (QED) is 0.825. The van der Waals surface area contributed by atoms with Crippen molar-refractivity contribution in [2.24, 2.45) is 0 Å². The average Bonchev–Trinajstić information content (AvgIpc) is 2.61. The molecule has 26 heavy (non-hydrogen) atoms. The number of likely N-dealkylation sites (tertiary alicyclic amines) is 1. The number of nitrogens with zero attached hydrogens (tertiary/aromatic N) is 1. The number of rotatable bonds is 2. The predicted octanol–water partition coefficient (Wildman–Crippen LogP) is 3.44. The van der Waals surface area contributed by atoms with Gasteiger partial charge in [-0.05, 0) is 23.8 Å². The highest BCUT2D eigenvalue weighted by atomic mass is 19.1. The van der Waals surface area contributed by atoms with E-state index in [9.17, 15) is 13.6 Å². The fourth-order valence-corrected chi connectivity index (χ4v) is 3.50. The Kier molecular flexibility index (Phi) is 4.36. The Balaban J connectivity index is 1.38. The van der Waals surface area contributed by atoms with E-state index in [0.29, 0.717) is 38.1 Å². The summed E-state index contributed by atoms with van der Waals surface area (Å²) in [4.78, 5) is 14.2. The number of ether oxygens (including phenoxy) is 2. The fourth-order valence-electron chi connectivity index (χ4n) is 3.50. The van der Waals surface area contributed by atoms with Crippen LogP contribution in [0.2, 0.25) is 0 Å². The zero-order valence-corrected chi connectivity index (χ0v) is 14.2. The highest BCUT2D eigenvalue weighted by molar-refractivity contribution is 5.78. The second-order valence-electron chi connectivity index (χ2n) is 6.74. The first-order valence-electron chi connectivity index (χ1n) is 8.67. The van der Waals surface area contributed by atoms with Crippen LogP contribution in [0.3, 0.4) is 0 Å². The number of para-hydroxylation sites is 1. The summed E-state index contributed by atoms with van der Waals surface area (Å²) in [6.07, 6.45) is 1.10. The van der Waals surface area contributed by atoms with Gasteiger partial charge in [0.05, 0.1) is 13.0 Å². The molecule has 6 heteroatoms. The highest BCUT2D eigenvalue weighted by Crippen LogP contribution is 2.37. The maximum absolute atomic E-state index is 13.3. The summed E-state index contributed by atoms with van der Waals surface area (Å²) in [5.74, 6) is -1.37. The molecule has 136 valence electrons. The lowest BCUT2D eigenvalue weighted by molar-refractivity contribution is -0.227. The van der Waals surface area contributed by atoms with Crippen molar-refractivity contribution in [1.82, 2.24) is 4.90 Å². The predicted molar refractivity (Wildman–Crippen MR) is 90.5 cm³/mol. The lowest BCUT2D eigenvalue weighted by Crippen LogP contribution is -2.52. The lowest BCUT2D eigenvalue weighted by atomic mass is 10.0. The molecule has 0 aliphatic carbocycles. The Morgan fingerprint density at radius 1 is 1.08 bits per heavy atom. The topological polar surface area (TPSA) is 38.8 Å². The third kappa shape index (κ3) is 3.42. The zero-order chi connectivity index (χ0) is 18.1. The second kappa shape index (κ2) is 6.68. The molecule has 1 saturated heterocycles. The third-order valence-corrected chi connectivity index (χ3v) is 4.91. The first-order chi connectivity index (χ1) is 12.5. The van der Waals surface area contributed by atoms with Crippen molar-refractivity contribution in [3.8, 4) is 5.75 Å². The van der Waals surface area contributed by atoms with Crippen LogP contribution in [-0.2, 0) is 22.6 Å². The molecule has 1 spiro atoms. The van der Waals surface area contributed by atoms with Crippen LogP contribution in [0, 0.1) is 11.6 Å². The van der Waals surface area contributed by atoms with Crippen LogP contribution in [0.5, 0.6) is 5.75 Å². The van der Waals surface area contributed by atoms with Gasteiger partial charge < -0.3 is 14.4 Å². The van der Waals surface area contributed by atoms with Gasteiger partial charge in [0, 0.05) is 37.6 Å². The summed E-state index contributed by atoms with van der Waals surface area (Å²) in [5.41, 5.74) is 1.36. The molecule has 0 atom stereocenters. The molecule has 1 amide bonds. The zero-order valence-electron chi connectivity index (χ0n) is 14.2. The van der Waals surface area contributed by atoms with Gasteiger partial charge in [-0.25, -0.2) is 8.78 Å². The number of halogens is 2. The smallest absolute Gasteiger partial charge is 0.227 e. The number of hydrogen-bond donors (Lipinski definition) is 0. The number of fused-ring (bicyclic) bond motifs is 1. The molecule has 2 aromatic rings. The van der Waals surface area contributed by atoms with Crippen LogP contribution in [-0.4, -0.2) is 29.7 Å². The van der Waals surface area contributed by atoms with E-state index >= 15 is 0 Å². The van der Waals surface area contributed by atoms with Crippen molar-refractivity contribution in [2.45, 2.75) is 31.7 Å². The molecule has 4 nitrogen and oxygen atoms in total. The number of piperidine rings is 1. The van der Waals surface area contributed by atoms with Crippen molar-refractivity contribution in [3.63, 3.8) is 0 Å². The van der Waals surface area contributed by atoms with E-state index in [0.717, 1.165) is 17.4 Å². The van der Waals surface area contributed by atoms with E-state index in [-0.39, 0.29) is 12.3 Å². The first-order valence-corrected chi connectivity index (χ1v) is 8.67. The van der Waals surface area contributed by atoms with Gasteiger partial charge in [0.25, 0.3) is 0 Å². The molecule has 2 heterocycles. The maximum Gasteiger partial charge on any atom is 0.227 e. The molecule has 0 unspecified atom stereocenters. The Morgan fingerprint density at radius 2 is 1.77 bits per heavy atom. The first kappa shape index (κ1) is 17.0. The van der Waals surface area contributed by atoms with Gasteiger partial charge in [0.1, 0.15) is 17.4 Å². The molecule has 0 saturated carbocycles. The molecule has 1 fully saturated rings. The summed E-state index contributed by atoms with van der Waals surface area (Å²) in [6.45, 7) is 1.46. The molecule has 0 radical (unpaired) electrons. The summed E-state index contributed by atoms with van der Waals surface area (Å²) in [6, 6.07) is 10.9. The summed E-state index contributed by atoms with van der Waals surface area (Å²) >= 11 is 0. The average molecular weight is 359 g/mol. The van der Waals surface area contributed by atoms with Gasteiger partial charge in [-0.3, -0.25) is 4.79 Å². The van der Waals surface area contributed by atoms with Gasteiger partial charge in [-0.1, -0.05) is 18.2 Å². The van der Waals surface area contributed by atoms with Gasteiger partial charge in [0.15, 0.2) is 0 Å². The Morgan fingerprint density at radius 3 is 2.50 bits per heavy atom. The van der Waals surface area contributed by atoms with E-state index in [1.807, 2.05) is 24.3 Å². The molecule has 2 aromatic carbocycles. The minimum atomic E-state index is -0.698. The minimum Gasteiger partial charge on any atom is -0.462 e. The molecule has 0 N–H and O–H groups in total. The van der Waals surface area contributed by atoms with Crippen LogP contribution in [0.4, 0.5) is 8.78 Å².